The monoisotopic (exact) mass is 224 g/mol. The van der Waals surface area contributed by atoms with E-state index in [1.807, 2.05) is 0 Å². The molecule has 2 N–H and O–H groups in total. The summed E-state index contributed by atoms with van der Waals surface area (Å²) in [6, 6.07) is 0. The molecule has 0 amide bonds. The molecular weight excluding hydrogens is 207 g/mol. The van der Waals surface area contributed by atoms with Crippen LogP contribution in [0.4, 0.5) is 16.2 Å². The SMILES string of the molecule is CNc1ncc(F)c(NCCCC2CC2)n1. The maximum atomic E-state index is 13.3. The predicted molar refractivity (Wildman–Crippen MR) is 62.0 cm³/mol. The van der Waals surface area contributed by atoms with Crippen molar-refractivity contribution >= 4 is 11.8 Å². The Morgan fingerprint density at radius 3 is 3.00 bits per heavy atom. The third kappa shape index (κ3) is 3.05. The van der Waals surface area contributed by atoms with Gasteiger partial charge < -0.3 is 10.6 Å². The molecule has 1 saturated carbocycles. The van der Waals surface area contributed by atoms with Crippen molar-refractivity contribution in [3.05, 3.63) is 12.0 Å². The first-order valence-corrected chi connectivity index (χ1v) is 5.73. The van der Waals surface area contributed by atoms with E-state index in [9.17, 15) is 4.39 Å². The van der Waals surface area contributed by atoms with Gasteiger partial charge in [-0.05, 0) is 18.8 Å². The molecule has 5 heteroatoms. The summed E-state index contributed by atoms with van der Waals surface area (Å²) in [5.41, 5.74) is 0. The highest BCUT2D eigenvalue weighted by Crippen LogP contribution is 2.33. The van der Waals surface area contributed by atoms with Crippen LogP contribution in [0.25, 0.3) is 0 Å². The minimum absolute atomic E-state index is 0.287. The van der Waals surface area contributed by atoms with Gasteiger partial charge in [0.1, 0.15) is 0 Å². The highest BCUT2D eigenvalue weighted by molar-refractivity contribution is 5.40. The molecule has 0 bridgehead atoms. The van der Waals surface area contributed by atoms with Crippen LogP contribution >= 0.6 is 0 Å². The van der Waals surface area contributed by atoms with E-state index >= 15 is 0 Å². The highest BCUT2D eigenvalue weighted by Gasteiger charge is 2.20. The third-order valence-electron chi connectivity index (χ3n) is 2.75. The minimum atomic E-state index is -0.398. The molecule has 0 saturated heterocycles. The van der Waals surface area contributed by atoms with E-state index in [1.165, 1.54) is 25.5 Å². The second kappa shape index (κ2) is 5.09. The first kappa shape index (κ1) is 11.1. The van der Waals surface area contributed by atoms with Crippen molar-refractivity contribution < 1.29 is 4.39 Å². The summed E-state index contributed by atoms with van der Waals surface area (Å²) < 4.78 is 13.3. The topological polar surface area (TPSA) is 49.8 Å². The molecule has 16 heavy (non-hydrogen) atoms. The summed E-state index contributed by atoms with van der Waals surface area (Å²) in [5.74, 6) is 1.25. The number of hydrogen-bond acceptors (Lipinski definition) is 4. The smallest absolute Gasteiger partial charge is 0.224 e. The number of nitrogens with one attached hydrogen (secondary N) is 2. The predicted octanol–water partition coefficient (Wildman–Crippen LogP) is 2.26. The van der Waals surface area contributed by atoms with E-state index in [-0.39, 0.29) is 5.82 Å². The number of rotatable bonds is 6. The molecule has 1 aliphatic rings. The van der Waals surface area contributed by atoms with Crippen LogP contribution in [0.2, 0.25) is 0 Å². The van der Waals surface area contributed by atoms with Gasteiger partial charge in [0.25, 0.3) is 0 Å². The highest BCUT2D eigenvalue weighted by atomic mass is 19.1. The van der Waals surface area contributed by atoms with Crippen molar-refractivity contribution in [2.24, 2.45) is 5.92 Å². The summed E-state index contributed by atoms with van der Waals surface area (Å²) in [4.78, 5) is 7.80. The number of nitrogens with zero attached hydrogens (tertiary/aromatic N) is 2. The van der Waals surface area contributed by atoms with Gasteiger partial charge >= 0.3 is 0 Å². The van der Waals surface area contributed by atoms with Crippen LogP contribution in [-0.4, -0.2) is 23.6 Å². The van der Waals surface area contributed by atoms with Crippen molar-refractivity contribution in [2.75, 3.05) is 24.2 Å². The van der Waals surface area contributed by atoms with Crippen LogP contribution in [0, 0.1) is 11.7 Å². The van der Waals surface area contributed by atoms with Crippen LogP contribution < -0.4 is 10.6 Å². The Hall–Kier alpha value is -1.39. The molecule has 0 unspecified atom stereocenters. The Bertz CT molecular complexity index is 352. The lowest BCUT2D eigenvalue weighted by Crippen LogP contribution is -2.08. The van der Waals surface area contributed by atoms with Crippen molar-refractivity contribution in [1.82, 2.24) is 9.97 Å². The lowest BCUT2D eigenvalue weighted by molar-refractivity contribution is 0.614. The zero-order valence-corrected chi connectivity index (χ0v) is 9.46. The zero-order chi connectivity index (χ0) is 11.4. The van der Waals surface area contributed by atoms with Gasteiger partial charge in [-0.25, -0.2) is 9.37 Å². The summed E-state index contributed by atoms with van der Waals surface area (Å²) in [7, 11) is 1.71. The molecule has 1 heterocycles. The molecule has 0 spiro atoms. The largest absolute Gasteiger partial charge is 0.367 e. The summed E-state index contributed by atoms with van der Waals surface area (Å²) in [6.07, 6.45) is 6.22. The third-order valence-corrected chi connectivity index (χ3v) is 2.75. The molecule has 0 radical (unpaired) electrons. The first-order valence-electron chi connectivity index (χ1n) is 5.73. The maximum Gasteiger partial charge on any atom is 0.224 e. The van der Waals surface area contributed by atoms with Gasteiger partial charge in [0, 0.05) is 13.6 Å². The van der Waals surface area contributed by atoms with Crippen molar-refractivity contribution in [3.63, 3.8) is 0 Å². The van der Waals surface area contributed by atoms with Crippen molar-refractivity contribution in [2.45, 2.75) is 25.7 Å². The van der Waals surface area contributed by atoms with E-state index < -0.39 is 5.82 Å². The molecule has 1 aromatic heterocycles. The molecule has 1 aliphatic carbocycles. The molecule has 4 nitrogen and oxygen atoms in total. The Kier molecular flexibility index (Phi) is 3.54. The van der Waals surface area contributed by atoms with Gasteiger partial charge in [-0.2, -0.15) is 4.98 Å². The summed E-state index contributed by atoms with van der Waals surface area (Å²) in [6.45, 7) is 0.771. The molecule has 1 fully saturated rings. The summed E-state index contributed by atoms with van der Waals surface area (Å²) >= 11 is 0. The van der Waals surface area contributed by atoms with Crippen molar-refractivity contribution in [3.8, 4) is 0 Å². The van der Waals surface area contributed by atoms with E-state index in [1.54, 1.807) is 7.05 Å². The van der Waals surface area contributed by atoms with Gasteiger partial charge in [0.2, 0.25) is 5.95 Å². The fourth-order valence-electron chi connectivity index (χ4n) is 1.62. The maximum absolute atomic E-state index is 13.3. The molecule has 1 aromatic rings. The van der Waals surface area contributed by atoms with E-state index in [0.29, 0.717) is 5.95 Å². The van der Waals surface area contributed by atoms with E-state index in [2.05, 4.69) is 20.6 Å². The van der Waals surface area contributed by atoms with Crippen LogP contribution in [0.5, 0.6) is 0 Å². The van der Waals surface area contributed by atoms with Gasteiger partial charge in [0.05, 0.1) is 6.20 Å². The second-order valence-electron chi connectivity index (χ2n) is 4.15. The van der Waals surface area contributed by atoms with Crippen LogP contribution in [0.3, 0.4) is 0 Å². The van der Waals surface area contributed by atoms with Crippen molar-refractivity contribution in [1.29, 1.82) is 0 Å². The standard InChI is InChI=1S/C11H17FN4/c1-13-11-15-7-9(12)10(16-11)14-6-2-3-8-4-5-8/h7-8H,2-6H2,1H3,(H2,13,14,15,16). The second-order valence-corrected chi connectivity index (χ2v) is 4.15. The fourth-order valence-corrected chi connectivity index (χ4v) is 1.62. The van der Waals surface area contributed by atoms with Gasteiger partial charge in [-0.3, -0.25) is 0 Å². The van der Waals surface area contributed by atoms with Crippen LogP contribution in [0.15, 0.2) is 6.20 Å². The molecule has 88 valence electrons. The Morgan fingerprint density at radius 1 is 1.50 bits per heavy atom. The van der Waals surface area contributed by atoms with Crippen LogP contribution in [-0.2, 0) is 0 Å². The Balaban J connectivity index is 1.81. The molecular formula is C11H17FN4. The lowest BCUT2D eigenvalue weighted by Gasteiger charge is -2.07. The molecule has 0 atom stereocenters. The summed E-state index contributed by atoms with van der Waals surface area (Å²) in [5, 5.41) is 5.79. The average molecular weight is 224 g/mol. The fraction of sp³-hybridized carbons (Fsp3) is 0.636. The van der Waals surface area contributed by atoms with E-state index in [0.717, 1.165) is 18.9 Å². The number of anilines is 2. The number of aromatic nitrogens is 2. The minimum Gasteiger partial charge on any atom is -0.367 e. The number of hydrogen-bond donors (Lipinski definition) is 2. The number of halogens is 1. The normalized spacial score (nSPS) is 14.9. The first-order chi connectivity index (χ1) is 7.79. The zero-order valence-electron chi connectivity index (χ0n) is 9.46. The van der Waals surface area contributed by atoms with E-state index in [4.69, 9.17) is 0 Å². The molecule has 0 aromatic carbocycles. The quantitative estimate of drug-likeness (QED) is 0.728. The van der Waals surface area contributed by atoms with Gasteiger partial charge in [-0.1, -0.05) is 12.8 Å². The van der Waals surface area contributed by atoms with Gasteiger partial charge in [-0.15, -0.1) is 0 Å². The Morgan fingerprint density at radius 2 is 2.31 bits per heavy atom. The molecule has 0 aliphatic heterocycles. The average Bonchev–Trinajstić information content (AvgIpc) is 3.10. The Labute approximate surface area is 94.7 Å². The lowest BCUT2D eigenvalue weighted by atomic mass is 10.2. The van der Waals surface area contributed by atoms with Crippen LogP contribution in [0.1, 0.15) is 25.7 Å². The molecule has 2 rings (SSSR count). The van der Waals surface area contributed by atoms with Gasteiger partial charge in [0.15, 0.2) is 11.6 Å².